The second-order valence-electron chi connectivity index (χ2n) is 23.1. The predicted octanol–water partition coefficient (Wildman–Crippen LogP) is -2.06. The second kappa shape index (κ2) is 18.8. The van der Waals surface area contributed by atoms with Crippen molar-refractivity contribution in [2.24, 2.45) is 56.7 Å². The van der Waals surface area contributed by atoms with Crippen molar-refractivity contribution in [3.8, 4) is 0 Å². The summed E-state index contributed by atoms with van der Waals surface area (Å²) < 4.78 is 34.6. The highest BCUT2D eigenvalue weighted by Gasteiger charge is 2.73. The molecule has 3 saturated heterocycles. The van der Waals surface area contributed by atoms with Gasteiger partial charge < -0.3 is 94.8 Å². The van der Waals surface area contributed by atoms with E-state index in [1.807, 2.05) is 0 Å². The number of hydrogen-bond donors (Lipinski definition) is 13. The molecule has 0 aromatic carbocycles. The number of aliphatic hydroxyl groups excluding tert-OH is 13. The zero-order valence-electron chi connectivity index (χ0n) is 40.1. The predicted molar refractivity (Wildman–Crippen MR) is 233 cm³/mol. The van der Waals surface area contributed by atoms with Gasteiger partial charge in [-0.2, -0.15) is 0 Å². The van der Waals surface area contributed by atoms with Crippen LogP contribution in [0, 0.1) is 56.7 Å². The molecule has 5 aliphatic carbocycles. The Balaban J connectivity index is 0.994. The molecule has 0 aromatic rings. The molecule has 0 spiro atoms. The summed E-state index contributed by atoms with van der Waals surface area (Å²) in [6.07, 6.45) is -22.3. The summed E-state index contributed by atoms with van der Waals surface area (Å²) in [5.74, 6) is -1.31. The molecule has 0 aromatic heterocycles. The molecule has 0 amide bonds. The van der Waals surface area contributed by atoms with Crippen LogP contribution in [0.2, 0.25) is 0 Å². The van der Waals surface area contributed by atoms with Crippen molar-refractivity contribution in [3.05, 3.63) is 11.6 Å². The minimum absolute atomic E-state index is 0.0115. The summed E-state index contributed by atoms with van der Waals surface area (Å²) in [6, 6.07) is 0. The Morgan fingerprint density at radius 2 is 1.34 bits per heavy atom. The maximum absolute atomic E-state index is 15.0. The van der Waals surface area contributed by atoms with E-state index in [2.05, 4.69) is 40.7 Å². The first-order valence-electron chi connectivity index (χ1n) is 24.6. The van der Waals surface area contributed by atoms with Gasteiger partial charge in [0.25, 0.3) is 0 Å². The van der Waals surface area contributed by atoms with Gasteiger partial charge in [-0.15, -0.1) is 0 Å². The lowest BCUT2D eigenvalue weighted by Crippen LogP contribution is -2.71. The molecule has 390 valence electrons. The van der Waals surface area contributed by atoms with Gasteiger partial charge in [-0.1, -0.05) is 53.2 Å². The molecule has 7 fully saturated rings. The molecule has 20 heteroatoms. The molecule has 0 radical (unpaired) electrons. The van der Waals surface area contributed by atoms with Gasteiger partial charge in [-0.25, -0.2) is 0 Å². The number of allylic oxidation sites excluding steroid dienone is 2. The number of fused-ring (bicyclic) bond motifs is 7. The lowest BCUT2D eigenvalue weighted by molar-refractivity contribution is -0.361. The van der Waals surface area contributed by atoms with Crippen LogP contribution in [0.25, 0.3) is 0 Å². The van der Waals surface area contributed by atoms with Gasteiger partial charge >= 0.3 is 5.97 Å². The van der Waals surface area contributed by atoms with Crippen LogP contribution in [0.1, 0.15) is 93.4 Å². The normalized spacial score (nSPS) is 57.1. The first-order valence-corrected chi connectivity index (χ1v) is 24.6. The largest absolute Gasteiger partial charge is 0.432 e. The van der Waals surface area contributed by atoms with Crippen molar-refractivity contribution in [2.75, 3.05) is 19.8 Å². The Hall–Kier alpha value is -1.51. The number of carbonyl (C=O) groups excluding carboxylic acids is 1. The number of carbonyl (C=O) groups is 1. The lowest BCUT2D eigenvalue weighted by atomic mass is 9.32. The van der Waals surface area contributed by atoms with E-state index in [4.69, 9.17) is 28.4 Å². The summed E-state index contributed by atoms with van der Waals surface area (Å²) in [4.78, 5) is 15.0. The first-order chi connectivity index (χ1) is 31.8. The molecule has 8 aliphatic rings. The molecule has 3 aliphatic heterocycles. The van der Waals surface area contributed by atoms with Crippen molar-refractivity contribution in [1.29, 1.82) is 0 Å². The lowest BCUT2D eigenvalue weighted by Gasteiger charge is -2.72. The number of aliphatic hydroxyl groups is 13. The zero-order chi connectivity index (χ0) is 50.0. The fourth-order valence-corrected chi connectivity index (χ4v) is 15.4. The van der Waals surface area contributed by atoms with E-state index in [1.54, 1.807) is 6.92 Å². The molecule has 28 atom stereocenters. The Kier molecular flexibility index (Phi) is 14.6. The van der Waals surface area contributed by atoms with Crippen LogP contribution in [0.3, 0.4) is 0 Å². The molecule has 68 heavy (non-hydrogen) atoms. The average molecular weight is 975 g/mol. The van der Waals surface area contributed by atoms with Gasteiger partial charge in [0.1, 0.15) is 67.1 Å². The number of rotatable bonds is 9. The maximum atomic E-state index is 15.0. The minimum Gasteiger partial charge on any atom is -0.432 e. The Morgan fingerprint density at radius 3 is 2.00 bits per heavy atom. The molecular weight excluding hydrogens is 897 g/mol. The van der Waals surface area contributed by atoms with Gasteiger partial charge in [0, 0.05) is 11.3 Å². The van der Waals surface area contributed by atoms with Crippen LogP contribution in [0.4, 0.5) is 0 Å². The Labute approximate surface area is 396 Å². The molecule has 4 saturated carbocycles. The van der Waals surface area contributed by atoms with Crippen LogP contribution < -0.4 is 0 Å². The zero-order valence-corrected chi connectivity index (χ0v) is 40.1. The van der Waals surface area contributed by atoms with Crippen LogP contribution in [0.5, 0.6) is 0 Å². The molecule has 13 N–H and O–H groups in total. The summed E-state index contributed by atoms with van der Waals surface area (Å²) in [7, 11) is 0. The number of esters is 1. The van der Waals surface area contributed by atoms with Crippen LogP contribution in [0.15, 0.2) is 11.6 Å². The van der Waals surface area contributed by atoms with Gasteiger partial charge in [0.15, 0.2) is 12.6 Å². The standard InChI is InChI=1S/C48H78O20/c1-19-10-11-48(13-12-46(6)22(28(48)20(19)2)8-9-27-44(4)14-24(52)39(61)45(5,18-50)38(44)23(51)15-47(27,46)7)43(62)68-42-35(59)32(56)30(54)26(66-42)17-63-40-36(60)33(57)37(25(16-49)65-40)67-41-34(58)31(55)29(53)21(3)64-41/h8,19-21,23-42,49-61H,9-18H2,1-7H3/t19-,20-,21-,23-,24+,25-,26+,27-,28+,29+,30+,31-,32-,33-,34+,35+,36+,37-,38-,39+,40-,41+,42-,44+,45+,46+,47+,48-/m1/s1. The molecule has 3 heterocycles. The molecular formula is C48H78O20. The van der Waals surface area contributed by atoms with Crippen molar-refractivity contribution in [3.63, 3.8) is 0 Å². The smallest absolute Gasteiger partial charge is 0.315 e. The van der Waals surface area contributed by atoms with Crippen molar-refractivity contribution in [2.45, 2.75) is 204 Å². The van der Waals surface area contributed by atoms with E-state index < -0.39 is 169 Å². The van der Waals surface area contributed by atoms with E-state index in [-0.39, 0.29) is 30.1 Å². The van der Waals surface area contributed by atoms with E-state index >= 15 is 4.79 Å². The fraction of sp³-hybridized carbons (Fsp3) is 0.938. The third kappa shape index (κ3) is 7.89. The molecule has 8 rings (SSSR count). The van der Waals surface area contributed by atoms with Crippen molar-refractivity contribution >= 4 is 5.97 Å². The highest BCUT2D eigenvalue weighted by atomic mass is 16.8. The Bertz CT molecular complexity index is 1860. The summed E-state index contributed by atoms with van der Waals surface area (Å²) in [5.41, 5.74) is -2.84. The van der Waals surface area contributed by atoms with Gasteiger partial charge in [0.05, 0.1) is 49.7 Å². The summed E-state index contributed by atoms with van der Waals surface area (Å²) >= 11 is 0. The summed E-state index contributed by atoms with van der Waals surface area (Å²) in [6.45, 7) is 12.1. The van der Waals surface area contributed by atoms with E-state index in [0.29, 0.717) is 38.5 Å². The monoisotopic (exact) mass is 975 g/mol. The van der Waals surface area contributed by atoms with Crippen LogP contribution in [-0.2, 0) is 33.2 Å². The molecule has 0 bridgehead atoms. The second-order valence-corrected chi connectivity index (χ2v) is 23.1. The summed E-state index contributed by atoms with van der Waals surface area (Å²) in [5, 5.41) is 142. The SMILES string of the molecule is C[C@@H]1[C@H](C)CC[C@@]2(C(=O)O[C@H]3O[C@@H](CO[C@@H]4O[C@H](CO)[C@@H](O[C@@H]5O[C@H](C)[C@H](O)[C@@H](O)[C@@H]5O)[C@H](O)[C@@H]4O)[C@H](O)[C@@H](O)[C@@H]3O)CC[C@@]3(C)C(=CC[C@@H]4[C@]5(C)C[C@H](O)[C@H](O)[C@@](C)(CO)[C@@H]5[C@H](O)C[C@@]43C)[C@H]12. The molecule has 20 nitrogen and oxygen atoms in total. The van der Waals surface area contributed by atoms with Gasteiger partial charge in [-0.05, 0) is 91.8 Å². The molecule has 0 unspecified atom stereocenters. The van der Waals surface area contributed by atoms with Crippen LogP contribution >= 0.6 is 0 Å². The van der Waals surface area contributed by atoms with Crippen molar-refractivity contribution in [1.82, 2.24) is 0 Å². The first kappa shape index (κ1) is 52.8. The highest BCUT2D eigenvalue weighted by molar-refractivity contribution is 5.79. The van der Waals surface area contributed by atoms with Crippen molar-refractivity contribution < 1.29 is 99.6 Å². The van der Waals surface area contributed by atoms with E-state index in [1.165, 1.54) is 6.92 Å². The minimum atomic E-state index is -1.89. The number of ether oxygens (including phenoxy) is 6. The number of hydrogen-bond acceptors (Lipinski definition) is 20. The van der Waals surface area contributed by atoms with Gasteiger partial charge in [0.2, 0.25) is 6.29 Å². The van der Waals surface area contributed by atoms with E-state index in [0.717, 1.165) is 5.57 Å². The highest BCUT2D eigenvalue weighted by Crippen LogP contribution is 2.76. The fourth-order valence-electron chi connectivity index (χ4n) is 15.4. The topological polar surface area (TPSA) is 335 Å². The third-order valence-corrected chi connectivity index (χ3v) is 19.6. The average Bonchev–Trinajstić information content (AvgIpc) is 3.29. The van der Waals surface area contributed by atoms with Crippen LogP contribution in [-0.4, -0.2) is 203 Å². The van der Waals surface area contributed by atoms with E-state index in [9.17, 15) is 66.4 Å². The quantitative estimate of drug-likeness (QED) is 0.0873. The van der Waals surface area contributed by atoms with Gasteiger partial charge in [-0.3, -0.25) is 4.79 Å². The third-order valence-electron chi connectivity index (χ3n) is 19.6. The Morgan fingerprint density at radius 1 is 0.706 bits per heavy atom. The maximum Gasteiger partial charge on any atom is 0.315 e.